The van der Waals surface area contributed by atoms with Crippen molar-refractivity contribution in [3.63, 3.8) is 0 Å². The lowest BCUT2D eigenvalue weighted by atomic mass is 9.77. The number of ether oxygens (including phenoxy) is 3. The summed E-state index contributed by atoms with van der Waals surface area (Å²) in [5.41, 5.74) is 0.313. The Morgan fingerprint density at radius 2 is 1.41 bits per heavy atom. The van der Waals surface area contributed by atoms with Crippen LogP contribution in [0.2, 0.25) is 0 Å². The van der Waals surface area contributed by atoms with E-state index in [-0.39, 0.29) is 61.9 Å². The van der Waals surface area contributed by atoms with Gasteiger partial charge in [-0.2, -0.15) is 0 Å². The molecule has 0 aromatic heterocycles. The number of hydrogen-bond acceptors (Lipinski definition) is 8. The summed E-state index contributed by atoms with van der Waals surface area (Å²) >= 11 is 0. The number of rotatable bonds is 5. The molecule has 0 unspecified atom stereocenters. The van der Waals surface area contributed by atoms with Crippen molar-refractivity contribution >= 4 is 17.3 Å². The fourth-order valence-corrected chi connectivity index (χ4v) is 4.49. The zero-order valence-corrected chi connectivity index (χ0v) is 19.2. The van der Waals surface area contributed by atoms with Crippen LogP contribution in [0, 0.1) is 6.92 Å². The van der Waals surface area contributed by atoms with Crippen molar-refractivity contribution < 1.29 is 38.8 Å². The van der Waals surface area contributed by atoms with E-state index < -0.39 is 23.1 Å². The normalized spacial score (nSPS) is 12.1. The highest BCUT2D eigenvalue weighted by Crippen LogP contribution is 2.50. The fraction of sp³-hybridized carbons (Fsp3) is 0.192. The van der Waals surface area contributed by atoms with Crippen molar-refractivity contribution in [1.82, 2.24) is 0 Å². The van der Waals surface area contributed by atoms with E-state index in [2.05, 4.69) is 0 Å². The van der Waals surface area contributed by atoms with Crippen LogP contribution in [0.1, 0.15) is 54.7 Å². The van der Waals surface area contributed by atoms with Crippen LogP contribution < -0.4 is 14.2 Å². The zero-order chi connectivity index (χ0) is 24.9. The molecule has 0 saturated carbocycles. The summed E-state index contributed by atoms with van der Waals surface area (Å²) < 4.78 is 16.0. The maximum Gasteiger partial charge on any atom is 0.201 e. The van der Waals surface area contributed by atoms with E-state index >= 15 is 0 Å². The van der Waals surface area contributed by atoms with E-state index in [0.717, 1.165) is 0 Å². The van der Waals surface area contributed by atoms with Crippen LogP contribution in [0.25, 0.3) is 11.1 Å². The maximum absolute atomic E-state index is 13.7. The fourth-order valence-electron chi connectivity index (χ4n) is 4.49. The third-order valence-electron chi connectivity index (χ3n) is 5.95. The van der Waals surface area contributed by atoms with Crippen LogP contribution in [-0.4, -0.2) is 48.9 Å². The minimum atomic E-state index is -0.598. The Hall–Kier alpha value is -4.33. The number of ketones is 3. The first-order valence-electron chi connectivity index (χ1n) is 10.3. The SMILES string of the molecule is COc1cccc2c1C(=O)c1c(O)cc(C)c(-c3c(OC)cc(OC)c(C(C)=O)c3O)c1C2=O. The smallest absolute Gasteiger partial charge is 0.201 e. The van der Waals surface area contributed by atoms with Gasteiger partial charge in [0.1, 0.15) is 34.3 Å². The van der Waals surface area contributed by atoms with E-state index in [1.165, 1.54) is 46.5 Å². The zero-order valence-electron chi connectivity index (χ0n) is 19.2. The second-order valence-corrected chi connectivity index (χ2v) is 7.81. The molecule has 0 heterocycles. The molecular formula is C26H22O8. The summed E-state index contributed by atoms with van der Waals surface area (Å²) in [5, 5.41) is 21.9. The number of methoxy groups -OCH3 is 3. The molecule has 1 aliphatic carbocycles. The van der Waals surface area contributed by atoms with Crippen LogP contribution in [-0.2, 0) is 0 Å². The standard InChI is InChI=1S/C26H22O8/c1-11-9-14(28)21-23(24(29)13-7-6-8-15(32-3)20(13)26(21)31)18(11)22-17(34-5)10-16(33-4)19(12(2)27)25(22)30/h6-10,28,30H,1-5H3. The van der Waals surface area contributed by atoms with Gasteiger partial charge in [-0.05, 0) is 31.5 Å². The number of Topliss-reactive ketones (excluding diaryl/α,β-unsaturated/α-hetero) is 1. The van der Waals surface area contributed by atoms with Crippen molar-refractivity contribution in [3.8, 4) is 39.9 Å². The van der Waals surface area contributed by atoms with Gasteiger partial charge in [-0.3, -0.25) is 14.4 Å². The van der Waals surface area contributed by atoms with E-state index in [0.29, 0.717) is 5.56 Å². The van der Waals surface area contributed by atoms with E-state index in [1.54, 1.807) is 19.1 Å². The molecule has 4 rings (SSSR count). The third-order valence-corrected chi connectivity index (χ3v) is 5.95. The molecule has 0 aliphatic heterocycles. The lowest BCUT2D eigenvalue weighted by Gasteiger charge is -2.25. The van der Waals surface area contributed by atoms with Crippen molar-refractivity contribution in [3.05, 3.63) is 63.7 Å². The largest absolute Gasteiger partial charge is 0.507 e. The minimum absolute atomic E-state index is 0.0368. The average Bonchev–Trinajstić information content (AvgIpc) is 2.81. The molecule has 0 fully saturated rings. The van der Waals surface area contributed by atoms with Crippen LogP contribution in [0.3, 0.4) is 0 Å². The summed E-state index contributed by atoms with van der Waals surface area (Å²) in [5.74, 6) is -2.05. The molecule has 0 amide bonds. The summed E-state index contributed by atoms with van der Waals surface area (Å²) in [6.07, 6.45) is 0. The maximum atomic E-state index is 13.7. The number of phenols is 2. The molecule has 2 N–H and O–H groups in total. The summed E-state index contributed by atoms with van der Waals surface area (Å²) in [6, 6.07) is 7.39. The summed E-state index contributed by atoms with van der Waals surface area (Å²) in [7, 11) is 4.09. The second-order valence-electron chi connectivity index (χ2n) is 7.81. The highest BCUT2D eigenvalue weighted by Gasteiger charge is 2.39. The predicted octanol–water partition coefficient (Wildman–Crippen LogP) is 4.08. The molecule has 3 aromatic carbocycles. The van der Waals surface area contributed by atoms with Gasteiger partial charge < -0.3 is 24.4 Å². The molecule has 0 bridgehead atoms. The lowest BCUT2D eigenvalue weighted by Crippen LogP contribution is -2.23. The number of carbonyl (C=O) groups excluding carboxylic acids is 3. The van der Waals surface area contributed by atoms with Gasteiger partial charge in [0.25, 0.3) is 0 Å². The van der Waals surface area contributed by atoms with Crippen molar-refractivity contribution in [2.45, 2.75) is 13.8 Å². The quantitative estimate of drug-likeness (QED) is 0.426. The number of fused-ring (bicyclic) bond motifs is 2. The van der Waals surface area contributed by atoms with Gasteiger partial charge in [0.05, 0.1) is 38.0 Å². The van der Waals surface area contributed by atoms with Crippen LogP contribution in [0.15, 0.2) is 30.3 Å². The van der Waals surface area contributed by atoms with Crippen LogP contribution in [0.4, 0.5) is 0 Å². The predicted molar refractivity (Wildman–Crippen MR) is 123 cm³/mol. The number of aromatic hydroxyl groups is 2. The Bertz CT molecular complexity index is 1400. The van der Waals surface area contributed by atoms with Crippen LogP contribution >= 0.6 is 0 Å². The van der Waals surface area contributed by atoms with Gasteiger partial charge in [0.15, 0.2) is 11.6 Å². The molecule has 1 aliphatic rings. The highest BCUT2D eigenvalue weighted by molar-refractivity contribution is 6.32. The van der Waals surface area contributed by atoms with Gasteiger partial charge in [0.2, 0.25) is 5.78 Å². The number of phenolic OH excluding ortho intramolecular Hbond substituents is 2. The Kier molecular flexibility index (Phi) is 5.53. The molecule has 34 heavy (non-hydrogen) atoms. The Morgan fingerprint density at radius 3 is 2.00 bits per heavy atom. The van der Waals surface area contributed by atoms with E-state index in [4.69, 9.17) is 14.2 Å². The summed E-state index contributed by atoms with van der Waals surface area (Å²) in [4.78, 5) is 39.6. The van der Waals surface area contributed by atoms with E-state index in [9.17, 15) is 24.6 Å². The number of benzene rings is 3. The molecule has 0 radical (unpaired) electrons. The van der Waals surface area contributed by atoms with E-state index in [1.807, 2.05) is 0 Å². The Balaban J connectivity index is 2.17. The van der Waals surface area contributed by atoms with Gasteiger partial charge in [-0.25, -0.2) is 0 Å². The molecule has 0 saturated heterocycles. The first-order chi connectivity index (χ1) is 16.2. The molecule has 3 aromatic rings. The second kappa shape index (κ2) is 8.22. The first-order valence-corrected chi connectivity index (χ1v) is 10.3. The van der Waals surface area contributed by atoms with Gasteiger partial charge in [-0.15, -0.1) is 0 Å². The van der Waals surface area contributed by atoms with Gasteiger partial charge in [-0.1, -0.05) is 12.1 Å². The molecular weight excluding hydrogens is 440 g/mol. The van der Waals surface area contributed by atoms with Crippen LogP contribution in [0.5, 0.6) is 28.7 Å². The molecule has 8 nitrogen and oxygen atoms in total. The first kappa shape index (κ1) is 22.8. The lowest BCUT2D eigenvalue weighted by molar-refractivity contribution is 0.0974. The number of aryl methyl sites for hydroxylation is 1. The molecule has 0 atom stereocenters. The number of carbonyl (C=O) groups is 3. The number of hydrogen-bond donors (Lipinski definition) is 2. The van der Waals surface area contributed by atoms with Gasteiger partial charge in [0, 0.05) is 22.8 Å². The average molecular weight is 462 g/mol. The summed E-state index contributed by atoms with van der Waals surface area (Å²) in [6.45, 7) is 2.88. The van der Waals surface area contributed by atoms with Crippen molar-refractivity contribution in [1.29, 1.82) is 0 Å². The van der Waals surface area contributed by atoms with Crippen molar-refractivity contribution in [2.24, 2.45) is 0 Å². The topological polar surface area (TPSA) is 119 Å². The molecule has 174 valence electrons. The molecule has 0 spiro atoms. The monoisotopic (exact) mass is 462 g/mol. The Morgan fingerprint density at radius 1 is 0.765 bits per heavy atom. The third kappa shape index (κ3) is 3.10. The Labute approximate surface area is 195 Å². The highest BCUT2D eigenvalue weighted by atomic mass is 16.5. The van der Waals surface area contributed by atoms with Gasteiger partial charge >= 0.3 is 0 Å². The molecule has 8 heteroatoms. The minimum Gasteiger partial charge on any atom is -0.507 e. The van der Waals surface area contributed by atoms with Crippen molar-refractivity contribution in [2.75, 3.05) is 21.3 Å².